The highest BCUT2D eigenvalue weighted by Crippen LogP contribution is 2.45. The Hall–Kier alpha value is -1.55. The Kier molecular flexibility index (Phi) is 11.6. The molecule has 0 spiro atoms. The van der Waals surface area contributed by atoms with E-state index in [1.807, 2.05) is 26.0 Å². The van der Waals surface area contributed by atoms with E-state index in [4.69, 9.17) is 4.84 Å². The van der Waals surface area contributed by atoms with Crippen molar-refractivity contribution in [2.24, 2.45) is 0 Å². The number of nitrogens with zero attached hydrogens (tertiary/aromatic N) is 3. The van der Waals surface area contributed by atoms with Crippen LogP contribution in [-0.2, 0) is 4.84 Å². The maximum atomic E-state index is 16.1. The van der Waals surface area contributed by atoms with E-state index < -0.39 is 5.91 Å². The number of rotatable bonds is 11. The van der Waals surface area contributed by atoms with Crippen molar-refractivity contribution in [1.82, 2.24) is 10.4 Å². The number of hydrogen-bond donors (Lipinski definition) is 1. The number of aryl methyl sites for hydroxylation is 2. The number of nitrogens with one attached hydrogen (secondary N) is 1. The number of likely N-dealkylation sites (N-methyl/N-ethyl adjacent to an activating group) is 1. The van der Waals surface area contributed by atoms with Crippen molar-refractivity contribution in [2.45, 2.75) is 27.7 Å². The maximum absolute atomic E-state index is 16.1. The molecule has 38 heavy (non-hydrogen) atoms. The lowest BCUT2D eigenvalue weighted by Gasteiger charge is -2.25. The molecule has 0 saturated carbocycles. The quantitative estimate of drug-likeness (QED) is 0.0915. The summed E-state index contributed by atoms with van der Waals surface area (Å²) in [4.78, 5) is 20.4. The van der Waals surface area contributed by atoms with Gasteiger partial charge in [-0.15, -0.1) is 0 Å². The Bertz CT molecular complexity index is 1290. The van der Waals surface area contributed by atoms with Gasteiger partial charge < -0.3 is 4.90 Å². The first-order valence-electron chi connectivity index (χ1n) is 12.0. The van der Waals surface area contributed by atoms with Gasteiger partial charge in [-0.2, -0.15) is 10.2 Å². The number of halogens is 5. The van der Waals surface area contributed by atoms with Gasteiger partial charge in [-0.3, -0.25) is 9.63 Å². The molecule has 0 aliphatic heterocycles. The minimum Gasteiger partial charge on any atom is -0.301 e. The van der Waals surface area contributed by atoms with Crippen LogP contribution in [0.1, 0.15) is 35.3 Å². The van der Waals surface area contributed by atoms with Crippen LogP contribution in [0.25, 0.3) is 0 Å². The Labute approximate surface area is 257 Å². The lowest BCUT2D eigenvalue weighted by molar-refractivity contribution is 0.0233. The highest BCUT2D eigenvalue weighted by Gasteiger charge is 2.26. The summed E-state index contributed by atoms with van der Waals surface area (Å²) in [5, 5.41) is 0.833. The molecule has 0 fully saturated rings. The Morgan fingerprint density at radius 3 is 1.97 bits per heavy atom. The van der Waals surface area contributed by atoms with E-state index >= 15 is 8.96 Å². The van der Waals surface area contributed by atoms with Gasteiger partial charge in [0.25, 0.3) is 5.91 Å². The lowest BCUT2D eigenvalue weighted by Crippen LogP contribution is -2.31. The zero-order chi connectivity index (χ0) is 28.0. The monoisotopic (exact) mass is 812 g/mol. The molecule has 1 N–H and O–H groups in total. The van der Waals surface area contributed by atoms with E-state index in [0.717, 1.165) is 20.2 Å². The molecule has 0 aliphatic rings. The van der Waals surface area contributed by atoms with Crippen molar-refractivity contribution in [3.63, 3.8) is 0 Å². The molecular formula is C27H29BrF2I2N4O2. The molecule has 3 aromatic carbocycles. The van der Waals surface area contributed by atoms with Crippen molar-refractivity contribution in [1.29, 1.82) is 0 Å². The molecule has 0 atom stereocenters. The van der Waals surface area contributed by atoms with Gasteiger partial charge in [0.1, 0.15) is 11.4 Å². The minimum absolute atomic E-state index is 0.0752. The fraction of sp³-hybridized carbons (Fsp3) is 0.296. The number of hydrogen-bond acceptors (Lipinski definition) is 5. The lowest BCUT2D eigenvalue weighted by atomic mass is 10.1. The van der Waals surface area contributed by atoms with Crippen molar-refractivity contribution < 1.29 is 18.6 Å². The molecule has 6 nitrogen and oxygen atoms in total. The summed E-state index contributed by atoms with van der Waals surface area (Å²) in [5.41, 5.74) is 4.14. The van der Waals surface area contributed by atoms with Crippen molar-refractivity contribution in [3.05, 3.63) is 76.8 Å². The zero-order valence-electron chi connectivity index (χ0n) is 21.5. The average molecular weight is 813 g/mol. The van der Waals surface area contributed by atoms with Crippen LogP contribution in [-0.4, -0.2) is 37.0 Å². The molecule has 0 aliphatic carbocycles. The Morgan fingerprint density at radius 2 is 1.45 bits per heavy atom. The van der Waals surface area contributed by atoms with Crippen LogP contribution in [0, 0.1) is 21.0 Å². The van der Waals surface area contributed by atoms with Gasteiger partial charge in [-0.1, -0.05) is 22.8 Å². The summed E-state index contributed by atoms with van der Waals surface area (Å²) >= 11 is 7.69. The second kappa shape index (κ2) is 14.2. The van der Waals surface area contributed by atoms with Gasteiger partial charge >= 0.3 is 0 Å². The molecule has 0 bridgehead atoms. The molecule has 0 aromatic heterocycles. The molecule has 1 amide bonds. The zero-order valence-corrected chi connectivity index (χ0v) is 27.4. The number of anilines is 4. The summed E-state index contributed by atoms with van der Waals surface area (Å²) in [6.45, 7) is 10.3. The number of carbonyl (C=O) groups is 1. The van der Waals surface area contributed by atoms with Gasteiger partial charge in [0.15, 0.2) is 0 Å². The largest absolute Gasteiger partial charge is 0.301 e. The molecular weight excluding hydrogens is 784 g/mol. The van der Waals surface area contributed by atoms with Crippen molar-refractivity contribution >= 4 is 89.8 Å². The van der Waals surface area contributed by atoms with Gasteiger partial charge in [-0.05, 0) is 148 Å². The van der Waals surface area contributed by atoms with Crippen LogP contribution in [0.3, 0.4) is 0 Å². The number of carbonyl (C=O) groups excluding carboxylic acids is 1. The van der Waals surface area contributed by atoms with Crippen LogP contribution in [0.4, 0.5) is 31.7 Å². The van der Waals surface area contributed by atoms with Crippen LogP contribution in [0.5, 0.6) is 0 Å². The van der Waals surface area contributed by atoms with E-state index in [2.05, 4.69) is 71.5 Å². The van der Waals surface area contributed by atoms with E-state index in [1.165, 1.54) is 12.1 Å². The SMILES string of the molecule is CCN(CC)CCONC(=O)c1cc(Br)c(N(F)c2ccc(I)cc2C)c(N(F)c2ccc(I)cc2C)c1. The molecule has 3 rings (SSSR count). The third kappa shape index (κ3) is 7.55. The molecule has 11 heteroatoms. The van der Waals surface area contributed by atoms with Crippen LogP contribution < -0.4 is 15.7 Å². The summed E-state index contributed by atoms with van der Waals surface area (Å²) in [7, 11) is 0. The number of benzene rings is 3. The van der Waals surface area contributed by atoms with Gasteiger partial charge in [-0.25, -0.2) is 5.48 Å². The predicted octanol–water partition coefficient (Wildman–Crippen LogP) is 8.32. The van der Waals surface area contributed by atoms with Gasteiger partial charge in [0.2, 0.25) is 0 Å². The highest BCUT2D eigenvalue weighted by molar-refractivity contribution is 14.1. The summed E-state index contributed by atoms with van der Waals surface area (Å²) in [6.07, 6.45) is 0. The van der Waals surface area contributed by atoms with Crippen molar-refractivity contribution in [3.8, 4) is 0 Å². The smallest absolute Gasteiger partial charge is 0.274 e. The third-order valence-corrected chi connectivity index (χ3v) is 7.97. The minimum atomic E-state index is -0.568. The maximum Gasteiger partial charge on any atom is 0.274 e. The summed E-state index contributed by atoms with van der Waals surface area (Å²) in [5.74, 6) is -0.568. The van der Waals surface area contributed by atoms with E-state index in [-0.39, 0.29) is 32.8 Å². The fourth-order valence-electron chi connectivity index (χ4n) is 3.88. The molecule has 204 valence electrons. The number of hydroxylamine groups is 1. The standard InChI is InChI=1S/C27H29BrF2I2N4O2/c1-5-34(6-2)11-12-38-33-27(37)19-15-22(28)26(36(30)24-10-8-21(32)14-18(24)4)25(16-19)35(29)23-9-7-20(31)13-17(23)3/h7-10,13-16H,5-6,11-12H2,1-4H3,(H,33,37). The van der Waals surface area contributed by atoms with Gasteiger partial charge in [0.05, 0.1) is 18.0 Å². The molecule has 0 heterocycles. The van der Waals surface area contributed by atoms with E-state index in [9.17, 15) is 4.79 Å². The molecule has 0 radical (unpaired) electrons. The first kappa shape index (κ1) is 31.0. The molecule has 0 saturated heterocycles. The van der Waals surface area contributed by atoms with Crippen LogP contribution in [0.15, 0.2) is 53.0 Å². The Morgan fingerprint density at radius 1 is 0.895 bits per heavy atom. The molecule has 0 unspecified atom stereocenters. The van der Waals surface area contributed by atoms with Gasteiger partial charge in [0, 0.05) is 23.7 Å². The van der Waals surface area contributed by atoms with E-state index in [1.54, 1.807) is 38.1 Å². The Balaban J connectivity index is 2.01. The van der Waals surface area contributed by atoms with Crippen molar-refractivity contribution in [2.75, 3.05) is 36.5 Å². The summed E-state index contributed by atoms with van der Waals surface area (Å²) in [6, 6.07) is 13.2. The first-order chi connectivity index (χ1) is 18.1. The number of amides is 1. The van der Waals surface area contributed by atoms with E-state index in [0.29, 0.717) is 34.5 Å². The van der Waals surface area contributed by atoms with Crippen LogP contribution >= 0.6 is 61.1 Å². The second-order valence-corrected chi connectivity index (χ2v) is 11.9. The predicted molar refractivity (Wildman–Crippen MR) is 170 cm³/mol. The highest BCUT2D eigenvalue weighted by atomic mass is 127. The van der Waals surface area contributed by atoms with Crippen LogP contribution in [0.2, 0.25) is 0 Å². The first-order valence-corrected chi connectivity index (χ1v) is 14.9. The fourth-order valence-corrected chi connectivity index (χ4v) is 5.78. The second-order valence-electron chi connectivity index (χ2n) is 8.56. The molecule has 3 aromatic rings. The third-order valence-electron chi connectivity index (χ3n) is 6.02. The topological polar surface area (TPSA) is 48.1 Å². The summed E-state index contributed by atoms with van der Waals surface area (Å²) < 4.78 is 34.2. The normalized spacial score (nSPS) is 11.1. The average Bonchev–Trinajstić information content (AvgIpc) is 2.87.